The van der Waals surface area contributed by atoms with Gasteiger partial charge in [0.15, 0.2) is 0 Å². The molecule has 118 valence electrons. The Morgan fingerprint density at radius 1 is 1.24 bits per heavy atom. The normalized spacial score (nSPS) is 16.4. The van der Waals surface area contributed by atoms with E-state index in [9.17, 15) is 0 Å². The Morgan fingerprint density at radius 2 is 2.00 bits per heavy atom. The predicted octanol–water partition coefficient (Wildman–Crippen LogP) is 3.57. The maximum Gasteiger partial charge on any atom is 0.123 e. The van der Waals surface area contributed by atoms with Crippen LogP contribution in [0.1, 0.15) is 50.2 Å². The second-order valence-corrected chi connectivity index (χ2v) is 6.13. The zero-order valence-corrected chi connectivity index (χ0v) is 13.8. The van der Waals surface area contributed by atoms with Crippen molar-refractivity contribution in [3.8, 4) is 5.75 Å². The van der Waals surface area contributed by atoms with E-state index in [1.165, 1.54) is 43.2 Å². The Hall–Kier alpha value is -1.06. The van der Waals surface area contributed by atoms with Crippen molar-refractivity contribution in [2.24, 2.45) is 0 Å². The lowest BCUT2D eigenvalue weighted by Gasteiger charge is -2.31. The molecule has 1 N–H and O–H groups in total. The largest absolute Gasteiger partial charge is 0.496 e. The summed E-state index contributed by atoms with van der Waals surface area (Å²) in [7, 11) is 4.02. The van der Waals surface area contributed by atoms with E-state index >= 15 is 0 Å². The van der Waals surface area contributed by atoms with Crippen molar-refractivity contribution in [2.45, 2.75) is 58.2 Å². The molecule has 1 aromatic carbocycles. The fourth-order valence-electron chi connectivity index (χ4n) is 3.25. The van der Waals surface area contributed by atoms with Crippen molar-refractivity contribution in [1.82, 2.24) is 10.2 Å². The molecule has 21 heavy (non-hydrogen) atoms. The Bertz CT molecular complexity index is 427. The van der Waals surface area contributed by atoms with Crippen LogP contribution in [0, 0.1) is 0 Å². The van der Waals surface area contributed by atoms with Gasteiger partial charge in [0.25, 0.3) is 0 Å². The van der Waals surface area contributed by atoms with Crippen LogP contribution in [-0.2, 0) is 13.1 Å². The zero-order valence-electron chi connectivity index (χ0n) is 13.8. The minimum Gasteiger partial charge on any atom is -0.496 e. The summed E-state index contributed by atoms with van der Waals surface area (Å²) in [5.74, 6) is 1.01. The van der Waals surface area contributed by atoms with Crippen LogP contribution in [0.5, 0.6) is 5.75 Å². The van der Waals surface area contributed by atoms with E-state index in [4.69, 9.17) is 4.74 Å². The van der Waals surface area contributed by atoms with Crippen LogP contribution in [0.4, 0.5) is 0 Å². The van der Waals surface area contributed by atoms with Crippen LogP contribution in [-0.4, -0.2) is 31.6 Å². The molecule has 1 aliphatic carbocycles. The first kappa shape index (κ1) is 16.3. The lowest BCUT2D eigenvalue weighted by molar-refractivity contribution is 0.183. The van der Waals surface area contributed by atoms with Gasteiger partial charge in [0, 0.05) is 24.7 Å². The van der Waals surface area contributed by atoms with E-state index in [1.54, 1.807) is 7.11 Å². The highest BCUT2D eigenvalue weighted by Gasteiger charge is 2.19. The minimum atomic E-state index is 0.737. The van der Waals surface area contributed by atoms with Crippen molar-refractivity contribution in [1.29, 1.82) is 0 Å². The SMILES string of the molecule is CCNCc1ccc(OC)c(CN(C)C2CCCCC2)c1. The molecule has 0 spiro atoms. The van der Waals surface area contributed by atoms with Gasteiger partial charge in [0.05, 0.1) is 7.11 Å². The minimum absolute atomic E-state index is 0.737. The molecule has 3 nitrogen and oxygen atoms in total. The Balaban J connectivity index is 2.04. The van der Waals surface area contributed by atoms with Crippen molar-refractivity contribution in [2.75, 3.05) is 20.7 Å². The third-order valence-corrected chi connectivity index (χ3v) is 4.54. The van der Waals surface area contributed by atoms with E-state index in [-0.39, 0.29) is 0 Å². The molecule has 0 aliphatic heterocycles. The molecule has 3 heteroatoms. The first-order valence-electron chi connectivity index (χ1n) is 8.31. The fraction of sp³-hybridized carbons (Fsp3) is 0.667. The standard InChI is InChI=1S/C18H30N2O/c1-4-19-13-15-10-11-18(21-3)16(12-15)14-20(2)17-8-6-5-7-9-17/h10-12,17,19H,4-9,13-14H2,1-3H3. The first-order chi connectivity index (χ1) is 10.2. The van der Waals surface area contributed by atoms with Crippen LogP contribution >= 0.6 is 0 Å². The maximum atomic E-state index is 5.55. The molecule has 0 amide bonds. The molecule has 0 atom stereocenters. The average Bonchev–Trinajstić information content (AvgIpc) is 2.54. The number of rotatable bonds is 7. The zero-order chi connectivity index (χ0) is 15.1. The molecule has 1 aliphatic rings. The molecule has 0 heterocycles. The molecule has 0 aromatic heterocycles. The Labute approximate surface area is 129 Å². The second kappa shape index (κ2) is 8.40. The smallest absolute Gasteiger partial charge is 0.123 e. The summed E-state index contributed by atoms with van der Waals surface area (Å²) in [5.41, 5.74) is 2.64. The number of methoxy groups -OCH3 is 1. The van der Waals surface area contributed by atoms with Gasteiger partial charge >= 0.3 is 0 Å². The lowest BCUT2D eigenvalue weighted by atomic mass is 9.94. The summed E-state index contributed by atoms with van der Waals surface area (Å²) in [6, 6.07) is 7.30. The quantitative estimate of drug-likeness (QED) is 0.831. The number of hydrogen-bond donors (Lipinski definition) is 1. The number of hydrogen-bond acceptors (Lipinski definition) is 3. The van der Waals surface area contributed by atoms with Crippen LogP contribution < -0.4 is 10.1 Å². The van der Waals surface area contributed by atoms with Crippen LogP contribution in [0.25, 0.3) is 0 Å². The molecule has 2 rings (SSSR count). The van der Waals surface area contributed by atoms with Crippen LogP contribution in [0.2, 0.25) is 0 Å². The molecule has 1 fully saturated rings. The third-order valence-electron chi connectivity index (χ3n) is 4.54. The van der Waals surface area contributed by atoms with Crippen molar-refractivity contribution in [3.63, 3.8) is 0 Å². The molecule has 0 saturated heterocycles. The topological polar surface area (TPSA) is 24.5 Å². The highest BCUT2D eigenvalue weighted by molar-refractivity contribution is 5.37. The number of benzene rings is 1. The van der Waals surface area contributed by atoms with Crippen molar-refractivity contribution in [3.05, 3.63) is 29.3 Å². The monoisotopic (exact) mass is 290 g/mol. The summed E-state index contributed by atoms with van der Waals surface area (Å²) in [6.07, 6.45) is 6.86. The third kappa shape index (κ3) is 4.72. The summed E-state index contributed by atoms with van der Waals surface area (Å²) in [5, 5.41) is 3.39. The second-order valence-electron chi connectivity index (χ2n) is 6.13. The number of ether oxygens (including phenoxy) is 1. The van der Waals surface area contributed by atoms with Gasteiger partial charge in [-0.3, -0.25) is 4.90 Å². The lowest BCUT2D eigenvalue weighted by Crippen LogP contribution is -2.33. The van der Waals surface area contributed by atoms with Crippen molar-refractivity contribution >= 4 is 0 Å². The van der Waals surface area contributed by atoms with E-state index in [1.807, 2.05) is 0 Å². The molecular formula is C18H30N2O. The molecule has 1 aromatic rings. The highest BCUT2D eigenvalue weighted by Crippen LogP contribution is 2.26. The van der Waals surface area contributed by atoms with E-state index in [0.717, 1.165) is 31.4 Å². The Kier molecular flexibility index (Phi) is 6.52. The van der Waals surface area contributed by atoms with Gasteiger partial charge in [-0.1, -0.05) is 32.3 Å². The van der Waals surface area contributed by atoms with Gasteiger partial charge in [-0.15, -0.1) is 0 Å². The highest BCUT2D eigenvalue weighted by atomic mass is 16.5. The average molecular weight is 290 g/mol. The summed E-state index contributed by atoms with van der Waals surface area (Å²) >= 11 is 0. The molecular weight excluding hydrogens is 260 g/mol. The summed E-state index contributed by atoms with van der Waals surface area (Å²) < 4.78 is 5.55. The fourth-order valence-corrected chi connectivity index (χ4v) is 3.25. The number of nitrogens with one attached hydrogen (secondary N) is 1. The van der Waals surface area contributed by atoms with Crippen LogP contribution in [0.15, 0.2) is 18.2 Å². The predicted molar refractivity (Wildman–Crippen MR) is 88.7 cm³/mol. The van der Waals surface area contributed by atoms with E-state index in [2.05, 4.69) is 42.4 Å². The molecule has 1 saturated carbocycles. The maximum absolute atomic E-state index is 5.55. The van der Waals surface area contributed by atoms with Gasteiger partial charge in [-0.05, 0) is 44.1 Å². The van der Waals surface area contributed by atoms with Crippen molar-refractivity contribution < 1.29 is 4.74 Å². The van der Waals surface area contributed by atoms with Gasteiger partial charge in [-0.2, -0.15) is 0 Å². The first-order valence-corrected chi connectivity index (χ1v) is 8.31. The number of nitrogens with zero attached hydrogens (tertiary/aromatic N) is 1. The molecule has 0 radical (unpaired) electrons. The van der Waals surface area contributed by atoms with Gasteiger partial charge in [0.1, 0.15) is 5.75 Å². The molecule has 0 bridgehead atoms. The van der Waals surface area contributed by atoms with Gasteiger partial charge in [-0.25, -0.2) is 0 Å². The molecule has 0 unspecified atom stereocenters. The van der Waals surface area contributed by atoms with E-state index < -0.39 is 0 Å². The van der Waals surface area contributed by atoms with E-state index in [0.29, 0.717) is 0 Å². The van der Waals surface area contributed by atoms with Gasteiger partial charge < -0.3 is 10.1 Å². The van der Waals surface area contributed by atoms with Gasteiger partial charge in [0.2, 0.25) is 0 Å². The Morgan fingerprint density at radius 3 is 2.67 bits per heavy atom. The summed E-state index contributed by atoms with van der Waals surface area (Å²) in [6.45, 7) is 5.05. The summed E-state index contributed by atoms with van der Waals surface area (Å²) in [4.78, 5) is 2.51. The van der Waals surface area contributed by atoms with Crippen LogP contribution in [0.3, 0.4) is 0 Å².